The van der Waals surface area contributed by atoms with Gasteiger partial charge in [0.15, 0.2) is 0 Å². The average molecular weight is 394 g/mol. The Kier molecular flexibility index (Phi) is 5.91. The van der Waals surface area contributed by atoms with E-state index >= 15 is 0 Å². The molecule has 6 heteroatoms. The fourth-order valence-corrected chi connectivity index (χ4v) is 3.11. The van der Waals surface area contributed by atoms with Gasteiger partial charge in [0.25, 0.3) is 5.56 Å². The number of likely N-dealkylation sites (tertiary alicyclic amines) is 1. The molecule has 0 bridgehead atoms. The van der Waals surface area contributed by atoms with E-state index in [4.69, 9.17) is 9.47 Å². The van der Waals surface area contributed by atoms with Gasteiger partial charge in [-0.25, -0.2) is 4.39 Å². The molecule has 4 rings (SSSR count). The molecule has 0 N–H and O–H groups in total. The van der Waals surface area contributed by atoms with Crippen LogP contribution in [-0.2, 0) is 6.61 Å². The standard InChI is InChI=1S/C23H23FN2O3/c24-19-4-2-18(3-5-19)17-29-22-10-13-26(23(27)16-22)20-6-8-21(9-7-20)28-15-14-25-11-1-12-25/h2-10,13,16H,1,11-12,14-15,17H2. The van der Waals surface area contributed by atoms with Crippen molar-refractivity contribution in [3.63, 3.8) is 0 Å². The van der Waals surface area contributed by atoms with Gasteiger partial charge in [0.2, 0.25) is 0 Å². The number of aromatic nitrogens is 1. The second kappa shape index (κ2) is 8.92. The first-order chi connectivity index (χ1) is 14.2. The minimum Gasteiger partial charge on any atom is -0.492 e. The lowest BCUT2D eigenvalue weighted by atomic mass is 10.2. The van der Waals surface area contributed by atoms with Crippen LogP contribution in [0.1, 0.15) is 12.0 Å². The molecule has 3 aromatic rings. The number of hydrogen-bond donors (Lipinski definition) is 0. The third kappa shape index (κ3) is 5.03. The highest BCUT2D eigenvalue weighted by Gasteiger charge is 2.12. The van der Waals surface area contributed by atoms with Crippen LogP contribution in [0.3, 0.4) is 0 Å². The number of nitrogens with zero attached hydrogens (tertiary/aromatic N) is 2. The van der Waals surface area contributed by atoms with Crippen molar-refractivity contribution < 1.29 is 13.9 Å². The smallest absolute Gasteiger partial charge is 0.258 e. The molecular formula is C23H23FN2O3. The Balaban J connectivity index is 1.35. The Morgan fingerprint density at radius 2 is 1.66 bits per heavy atom. The van der Waals surface area contributed by atoms with Crippen molar-refractivity contribution in [2.75, 3.05) is 26.2 Å². The van der Waals surface area contributed by atoms with Crippen LogP contribution in [0.5, 0.6) is 11.5 Å². The van der Waals surface area contributed by atoms with Crippen molar-refractivity contribution in [1.29, 1.82) is 0 Å². The molecule has 0 spiro atoms. The van der Waals surface area contributed by atoms with Crippen molar-refractivity contribution in [1.82, 2.24) is 9.47 Å². The van der Waals surface area contributed by atoms with Gasteiger partial charge >= 0.3 is 0 Å². The molecule has 0 atom stereocenters. The van der Waals surface area contributed by atoms with Crippen LogP contribution in [0.25, 0.3) is 5.69 Å². The van der Waals surface area contributed by atoms with E-state index < -0.39 is 0 Å². The number of ether oxygens (including phenoxy) is 2. The Bertz CT molecular complexity index is 996. The van der Waals surface area contributed by atoms with Gasteiger partial charge in [-0.05, 0) is 67.5 Å². The summed E-state index contributed by atoms with van der Waals surface area (Å²) < 4.78 is 25.9. The first-order valence-corrected chi connectivity index (χ1v) is 9.73. The molecule has 0 unspecified atom stereocenters. The van der Waals surface area contributed by atoms with Crippen LogP contribution in [-0.4, -0.2) is 35.7 Å². The zero-order chi connectivity index (χ0) is 20.1. The molecule has 1 saturated heterocycles. The lowest BCUT2D eigenvalue weighted by molar-refractivity contribution is 0.147. The summed E-state index contributed by atoms with van der Waals surface area (Å²) >= 11 is 0. The average Bonchev–Trinajstić information content (AvgIpc) is 2.70. The summed E-state index contributed by atoms with van der Waals surface area (Å²) in [6.45, 7) is 4.21. The van der Waals surface area contributed by atoms with Gasteiger partial charge in [0.1, 0.15) is 30.5 Å². The van der Waals surface area contributed by atoms with E-state index in [1.165, 1.54) is 24.6 Å². The van der Waals surface area contributed by atoms with Gasteiger partial charge in [-0.15, -0.1) is 0 Å². The Morgan fingerprint density at radius 1 is 0.897 bits per heavy atom. The van der Waals surface area contributed by atoms with Gasteiger partial charge in [0.05, 0.1) is 0 Å². The fraction of sp³-hybridized carbons (Fsp3) is 0.261. The normalized spacial score (nSPS) is 13.7. The maximum Gasteiger partial charge on any atom is 0.258 e. The molecule has 29 heavy (non-hydrogen) atoms. The maximum atomic E-state index is 12.9. The second-order valence-corrected chi connectivity index (χ2v) is 7.02. The monoisotopic (exact) mass is 394 g/mol. The highest BCUT2D eigenvalue weighted by Crippen LogP contribution is 2.16. The lowest BCUT2D eigenvalue weighted by Crippen LogP contribution is -2.39. The molecular weight excluding hydrogens is 371 g/mol. The van der Waals surface area contributed by atoms with Crippen LogP contribution in [0.15, 0.2) is 71.7 Å². The van der Waals surface area contributed by atoms with E-state index in [1.807, 2.05) is 24.3 Å². The Morgan fingerprint density at radius 3 is 2.31 bits per heavy atom. The summed E-state index contributed by atoms with van der Waals surface area (Å²) in [4.78, 5) is 14.8. The molecule has 1 fully saturated rings. The topological polar surface area (TPSA) is 43.7 Å². The van der Waals surface area contributed by atoms with Gasteiger partial charge in [-0.2, -0.15) is 0 Å². The zero-order valence-electron chi connectivity index (χ0n) is 16.1. The number of rotatable bonds is 8. The van der Waals surface area contributed by atoms with E-state index in [0.717, 1.165) is 36.6 Å². The number of pyridine rings is 1. The minimum absolute atomic E-state index is 0.187. The van der Waals surface area contributed by atoms with Gasteiger partial charge in [-0.3, -0.25) is 14.3 Å². The van der Waals surface area contributed by atoms with E-state index in [2.05, 4.69) is 4.90 Å². The molecule has 1 aliphatic heterocycles. The third-order valence-electron chi connectivity index (χ3n) is 4.95. The zero-order valence-corrected chi connectivity index (χ0v) is 16.1. The molecule has 0 saturated carbocycles. The Hall–Kier alpha value is -3.12. The molecule has 1 aromatic heterocycles. The summed E-state index contributed by atoms with van der Waals surface area (Å²) in [7, 11) is 0. The maximum absolute atomic E-state index is 12.9. The quantitative estimate of drug-likeness (QED) is 0.585. The number of benzene rings is 2. The van der Waals surface area contributed by atoms with E-state index in [-0.39, 0.29) is 18.0 Å². The number of hydrogen-bond acceptors (Lipinski definition) is 4. The molecule has 5 nitrogen and oxygen atoms in total. The summed E-state index contributed by atoms with van der Waals surface area (Å²) in [6, 6.07) is 16.7. The first kappa shape index (κ1) is 19.2. The van der Waals surface area contributed by atoms with Crippen molar-refractivity contribution in [2.24, 2.45) is 0 Å². The van der Waals surface area contributed by atoms with E-state index in [9.17, 15) is 9.18 Å². The van der Waals surface area contributed by atoms with Crippen LogP contribution >= 0.6 is 0 Å². The van der Waals surface area contributed by atoms with Crippen LogP contribution in [0.2, 0.25) is 0 Å². The molecule has 2 aromatic carbocycles. The van der Waals surface area contributed by atoms with Crippen LogP contribution in [0.4, 0.5) is 4.39 Å². The molecule has 150 valence electrons. The summed E-state index contributed by atoms with van der Waals surface area (Å²) in [5.74, 6) is 0.979. The van der Waals surface area contributed by atoms with Gasteiger partial charge < -0.3 is 9.47 Å². The third-order valence-corrected chi connectivity index (χ3v) is 4.95. The first-order valence-electron chi connectivity index (χ1n) is 9.73. The van der Waals surface area contributed by atoms with E-state index in [1.54, 1.807) is 29.0 Å². The molecule has 1 aliphatic rings. The van der Waals surface area contributed by atoms with Crippen molar-refractivity contribution >= 4 is 0 Å². The lowest BCUT2D eigenvalue weighted by Gasteiger charge is -2.30. The summed E-state index contributed by atoms with van der Waals surface area (Å²) in [5, 5.41) is 0. The second-order valence-electron chi connectivity index (χ2n) is 7.02. The van der Waals surface area contributed by atoms with Crippen molar-refractivity contribution in [3.8, 4) is 17.2 Å². The SMILES string of the molecule is O=c1cc(OCc2ccc(F)cc2)ccn1-c1ccc(OCCN2CCC2)cc1. The molecule has 0 aliphatic carbocycles. The molecule has 0 amide bonds. The molecule has 0 radical (unpaired) electrons. The highest BCUT2D eigenvalue weighted by atomic mass is 19.1. The van der Waals surface area contributed by atoms with Crippen LogP contribution < -0.4 is 15.0 Å². The van der Waals surface area contributed by atoms with Crippen LogP contribution in [0, 0.1) is 5.82 Å². The fourth-order valence-electron chi connectivity index (χ4n) is 3.11. The van der Waals surface area contributed by atoms with Crippen molar-refractivity contribution in [2.45, 2.75) is 13.0 Å². The Labute approximate surface area is 168 Å². The largest absolute Gasteiger partial charge is 0.492 e. The molecule has 2 heterocycles. The van der Waals surface area contributed by atoms with Crippen molar-refractivity contribution in [3.05, 3.63) is 88.6 Å². The predicted molar refractivity (Wildman–Crippen MR) is 109 cm³/mol. The minimum atomic E-state index is -0.288. The van der Waals surface area contributed by atoms with Gasteiger partial charge in [0, 0.05) is 24.5 Å². The van der Waals surface area contributed by atoms with E-state index in [0.29, 0.717) is 12.4 Å². The summed E-state index contributed by atoms with van der Waals surface area (Å²) in [5.41, 5.74) is 1.41. The number of halogens is 1. The predicted octanol–water partition coefficient (Wildman–Crippen LogP) is 3.64. The van der Waals surface area contributed by atoms with Gasteiger partial charge in [-0.1, -0.05) is 12.1 Å². The highest BCUT2D eigenvalue weighted by molar-refractivity contribution is 5.38. The summed E-state index contributed by atoms with van der Waals surface area (Å²) in [6.07, 6.45) is 2.96.